The van der Waals surface area contributed by atoms with E-state index in [1.54, 1.807) is 49.6 Å². The first kappa shape index (κ1) is 16.9. The van der Waals surface area contributed by atoms with Gasteiger partial charge < -0.3 is 9.72 Å². The maximum absolute atomic E-state index is 14.5. The fraction of sp³-hybridized carbons (Fsp3) is 0.0526. The van der Waals surface area contributed by atoms with Crippen LogP contribution in [0.15, 0.2) is 57.8 Å². The standard InChI is InChI=1S/C19H12BrFN2O2/c1-25-12-7-5-11(6-8-12)17-9-14(15(10-22)19(24)23-17)13-3-2-4-16(20)18(13)21/h2-9H,1H3,(H,23,24). The number of methoxy groups -OCH3 is 1. The zero-order chi connectivity index (χ0) is 18.0. The van der Waals surface area contributed by atoms with E-state index in [4.69, 9.17) is 4.74 Å². The van der Waals surface area contributed by atoms with E-state index in [9.17, 15) is 14.4 Å². The second-order valence-electron chi connectivity index (χ2n) is 5.24. The molecule has 0 spiro atoms. The molecule has 0 radical (unpaired) electrons. The van der Waals surface area contributed by atoms with Crippen molar-refractivity contribution in [3.63, 3.8) is 0 Å². The highest BCUT2D eigenvalue weighted by molar-refractivity contribution is 9.10. The van der Waals surface area contributed by atoms with Gasteiger partial charge in [0.1, 0.15) is 23.2 Å². The van der Waals surface area contributed by atoms with Crippen molar-refractivity contribution in [3.05, 3.63) is 74.7 Å². The SMILES string of the molecule is COc1ccc(-c2cc(-c3cccc(Br)c3F)c(C#N)c(=O)[nH]2)cc1. The van der Waals surface area contributed by atoms with E-state index in [2.05, 4.69) is 20.9 Å². The zero-order valence-electron chi connectivity index (χ0n) is 13.1. The first-order valence-electron chi connectivity index (χ1n) is 7.31. The highest BCUT2D eigenvalue weighted by atomic mass is 79.9. The monoisotopic (exact) mass is 398 g/mol. The number of halogens is 2. The van der Waals surface area contributed by atoms with Crippen LogP contribution in [-0.2, 0) is 0 Å². The van der Waals surface area contributed by atoms with Crippen molar-refractivity contribution in [3.8, 4) is 34.2 Å². The predicted octanol–water partition coefficient (Wildman–Crippen LogP) is 4.49. The third-order valence-corrected chi connectivity index (χ3v) is 4.40. The van der Waals surface area contributed by atoms with Gasteiger partial charge >= 0.3 is 0 Å². The van der Waals surface area contributed by atoms with Crippen molar-refractivity contribution < 1.29 is 9.13 Å². The van der Waals surface area contributed by atoms with Gasteiger partial charge in [-0.15, -0.1) is 0 Å². The van der Waals surface area contributed by atoms with E-state index in [-0.39, 0.29) is 21.2 Å². The largest absolute Gasteiger partial charge is 0.497 e. The second-order valence-corrected chi connectivity index (χ2v) is 6.10. The Kier molecular flexibility index (Phi) is 4.68. The fourth-order valence-electron chi connectivity index (χ4n) is 2.52. The van der Waals surface area contributed by atoms with Gasteiger partial charge in [0.05, 0.1) is 11.6 Å². The van der Waals surface area contributed by atoms with E-state index in [1.807, 2.05) is 6.07 Å². The number of ether oxygens (including phenoxy) is 1. The molecule has 0 atom stereocenters. The molecule has 0 amide bonds. The second kappa shape index (κ2) is 6.91. The molecule has 0 aliphatic heterocycles. The molecule has 0 bridgehead atoms. The first-order valence-corrected chi connectivity index (χ1v) is 8.10. The summed E-state index contributed by atoms with van der Waals surface area (Å²) in [6.07, 6.45) is 0. The summed E-state index contributed by atoms with van der Waals surface area (Å²) in [4.78, 5) is 15.0. The van der Waals surface area contributed by atoms with Crippen LogP contribution in [0.4, 0.5) is 4.39 Å². The average Bonchev–Trinajstić information content (AvgIpc) is 2.63. The van der Waals surface area contributed by atoms with E-state index < -0.39 is 11.4 Å². The van der Waals surface area contributed by atoms with Crippen LogP contribution in [0, 0.1) is 17.1 Å². The molecule has 0 saturated heterocycles. The molecule has 25 heavy (non-hydrogen) atoms. The molecular weight excluding hydrogens is 387 g/mol. The Morgan fingerprint density at radius 1 is 1.16 bits per heavy atom. The van der Waals surface area contributed by atoms with Gasteiger partial charge in [0.2, 0.25) is 0 Å². The Bertz CT molecular complexity index is 1040. The van der Waals surface area contributed by atoms with Crippen LogP contribution in [0.1, 0.15) is 5.56 Å². The molecule has 1 aromatic heterocycles. The molecule has 1 heterocycles. The summed E-state index contributed by atoms with van der Waals surface area (Å²) in [5.41, 5.74) is 0.946. The molecule has 4 nitrogen and oxygen atoms in total. The molecule has 6 heteroatoms. The minimum absolute atomic E-state index is 0.130. The Morgan fingerprint density at radius 2 is 1.88 bits per heavy atom. The average molecular weight is 399 g/mol. The maximum atomic E-state index is 14.5. The summed E-state index contributed by atoms with van der Waals surface area (Å²) < 4.78 is 19.9. The number of H-pyrrole nitrogens is 1. The molecule has 0 unspecified atom stereocenters. The molecule has 124 valence electrons. The minimum Gasteiger partial charge on any atom is -0.497 e. The number of aromatic nitrogens is 1. The van der Waals surface area contributed by atoms with Gasteiger partial charge in [0.15, 0.2) is 0 Å². The Morgan fingerprint density at radius 3 is 2.52 bits per heavy atom. The van der Waals surface area contributed by atoms with Crippen molar-refractivity contribution in [1.82, 2.24) is 4.98 Å². The van der Waals surface area contributed by atoms with Crippen LogP contribution in [-0.4, -0.2) is 12.1 Å². The quantitative estimate of drug-likeness (QED) is 0.706. The topological polar surface area (TPSA) is 65.9 Å². The van der Waals surface area contributed by atoms with Crippen LogP contribution in [0.3, 0.4) is 0 Å². The molecule has 1 N–H and O–H groups in total. The summed E-state index contributed by atoms with van der Waals surface area (Å²) in [5.74, 6) is 0.156. The number of nitrogens with one attached hydrogen (secondary N) is 1. The molecule has 0 fully saturated rings. The number of hydrogen-bond acceptors (Lipinski definition) is 3. The number of aromatic amines is 1. The van der Waals surface area contributed by atoms with Gasteiger partial charge in [-0.1, -0.05) is 12.1 Å². The van der Waals surface area contributed by atoms with Gasteiger partial charge in [0.25, 0.3) is 5.56 Å². The van der Waals surface area contributed by atoms with Gasteiger partial charge in [-0.2, -0.15) is 5.26 Å². The molecule has 2 aromatic carbocycles. The molecule has 0 saturated carbocycles. The predicted molar refractivity (Wildman–Crippen MR) is 96.9 cm³/mol. The van der Waals surface area contributed by atoms with Crippen LogP contribution in [0.25, 0.3) is 22.4 Å². The maximum Gasteiger partial charge on any atom is 0.266 e. The van der Waals surface area contributed by atoms with Crippen LogP contribution in [0.5, 0.6) is 5.75 Å². The highest BCUT2D eigenvalue weighted by Crippen LogP contribution is 2.31. The molecule has 0 aliphatic rings. The van der Waals surface area contributed by atoms with Gasteiger partial charge in [-0.05, 0) is 57.9 Å². The lowest BCUT2D eigenvalue weighted by Gasteiger charge is -2.10. The molecule has 0 aliphatic carbocycles. The number of hydrogen-bond donors (Lipinski definition) is 1. The number of rotatable bonds is 3. The summed E-state index contributed by atoms with van der Waals surface area (Å²) in [7, 11) is 1.56. The lowest BCUT2D eigenvalue weighted by molar-refractivity contribution is 0.415. The van der Waals surface area contributed by atoms with Crippen molar-refractivity contribution in [2.24, 2.45) is 0 Å². The normalized spacial score (nSPS) is 10.3. The van der Waals surface area contributed by atoms with E-state index >= 15 is 0 Å². The zero-order valence-corrected chi connectivity index (χ0v) is 14.7. The van der Waals surface area contributed by atoms with E-state index in [1.165, 1.54) is 6.07 Å². The molecule has 3 rings (SSSR count). The minimum atomic E-state index is -0.565. The molecule has 3 aromatic rings. The number of pyridine rings is 1. The number of nitriles is 1. The van der Waals surface area contributed by atoms with E-state index in [0.29, 0.717) is 11.4 Å². The third kappa shape index (κ3) is 3.19. The van der Waals surface area contributed by atoms with Crippen LogP contribution < -0.4 is 10.3 Å². The van der Waals surface area contributed by atoms with Crippen LogP contribution in [0.2, 0.25) is 0 Å². The van der Waals surface area contributed by atoms with Crippen LogP contribution >= 0.6 is 15.9 Å². The lowest BCUT2D eigenvalue weighted by atomic mass is 9.98. The smallest absolute Gasteiger partial charge is 0.266 e. The van der Waals surface area contributed by atoms with Crippen molar-refractivity contribution in [2.45, 2.75) is 0 Å². The summed E-state index contributed by atoms with van der Waals surface area (Å²) in [6.45, 7) is 0. The summed E-state index contributed by atoms with van der Waals surface area (Å²) in [6, 6.07) is 15.3. The number of nitrogens with zero attached hydrogens (tertiary/aromatic N) is 1. The highest BCUT2D eigenvalue weighted by Gasteiger charge is 2.16. The lowest BCUT2D eigenvalue weighted by Crippen LogP contribution is -2.13. The summed E-state index contributed by atoms with van der Waals surface area (Å²) >= 11 is 3.13. The van der Waals surface area contributed by atoms with Crippen molar-refractivity contribution in [1.29, 1.82) is 5.26 Å². The summed E-state index contributed by atoms with van der Waals surface area (Å²) in [5, 5.41) is 9.33. The first-order chi connectivity index (χ1) is 12.0. The number of benzene rings is 2. The van der Waals surface area contributed by atoms with Crippen molar-refractivity contribution >= 4 is 15.9 Å². The Hall–Kier alpha value is -2.91. The van der Waals surface area contributed by atoms with E-state index in [0.717, 1.165) is 5.56 Å². The Labute approximate surface area is 151 Å². The molecular formula is C19H12BrFN2O2. The Balaban J connectivity index is 2.24. The van der Waals surface area contributed by atoms with Crippen molar-refractivity contribution in [2.75, 3.05) is 7.11 Å². The third-order valence-electron chi connectivity index (χ3n) is 3.79. The van der Waals surface area contributed by atoms with Gasteiger partial charge in [0, 0.05) is 16.8 Å². The van der Waals surface area contributed by atoms with Gasteiger partial charge in [-0.25, -0.2) is 4.39 Å². The fourth-order valence-corrected chi connectivity index (χ4v) is 2.89. The van der Waals surface area contributed by atoms with Gasteiger partial charge in [-0.3, -0.25) is 4.79 Å².